The van der Waals surface area contributed by atoms with Gasteiger partial charge in [-0.1, -0.05) is 0 Å². The first-order valence-corrected chi connectivity index (χ1v) is 3.91. The van der Waals surface area contributed by atoms with Crippen molar-refractivity contribution in [2.24, 2.45) is 0 Å². The number of aliphatic hydroxyl groups is 1. The topological polar surface area (TPSA) is 70.0 Å². The Balaban J connectivity index is 2.24. The van der Waals surface area contributed by atoms with Gasteiger partial charge in [0.05, 0.1) is 13.2 Å². The zero-order valence-corrected chi connectivity index (χ0v) is 6.77. The fraction of sp³-hybridized carbons (Fsp3) is 0.857. The second-order valence-corrected chi connectivity index (χ2v) is 2.77. The van der Waals surface area contributed by atoms with Gasteiger partial charge in [-0.05, 0) is 0 Å². The Morgan fingerprint density at radius 1 is 1.50 bits per heavy atom. The van der Waals surface area contributed by atoms with Crippen LogP contribution in [0.1, 0.15) is 0 Å². The van der Waals surface area contributed by atoms with Gasteiger partial charge in [0, 0.05) is 19.6 Å². The average Bonchev–Trinajstić information content (AvgIpc) is 2.06. The number of morpholine rings is 1. The smallest absolute Gasteiger partial charge is 0.333 e. The molecule has 0 amide bonds. The molecule has 1 aliphatic heterocycles. The lowest BCUT2D eigenvalue weighted by molar-refractivity contribution is -0.148. The molecule has 0 aliphatic carbocycles. The van der Waals surface area contributed by atoms with Crippen molar-refractivity contribution >= 4 is 5.97 Å². The summed E-state index contributed by atoms with van der Waals surface area (Å²) in [4.78, 5) is 12.1. The number of ether oxygens (including phenoxy) is 1. The molecule has 1 heterocycles. The quantitative estimate of drug-likeness (QED) is 0.561. The lowest BCUT2D eigenvalue weighted by Gasteiger charge is -2.27. The van der Waals surface area contributed by atoms with Crippen molar-refractivity contribution in [3.63, 3.8) is 0 Å². The van der Waals surface area contributed by atoms with E-state index in [-0.39, 0.29) is 6.54 Å². The molecule has 0 unspecified atom stereocenters. The summed E-state index contributed by atoms with van der Waals surface area (Å²) in [5.74, 6) is -1.17. The summed E-state index contributed by atoms with van der Waals surface area (Å²) < 4.78 is 5.07. The summed E-state index contributed by atoms with van der Waals surface area (Å²) >= 11 is 0. The highest BCUT2D eigenvalue weighted by atomic mass is 16.5. The maximum Gasteiger partial charge on any atom is 0.333 e. The molecular weight excluding hydrogens is 162 g/mol. The Labute approximate surface area is 70.5 Å². The molecule has 0 spiro atoms. The van der Waals surface area contributed by atoms with Crippen molar-refractivity contribution in [3.05, 3.63) is 0 Å². The SMILES string of the molecule is O=C(O)[C@H](O)CN1CCOCC1. The third kappa shape index (κ3) is 2.77. The van der Waals surface area contributed by atoms with E-state index in [1.807, 2.05) is 4.90 Å². The minimum Gasteiger partial charge on any atom is -0.479 e. The highest BCUT2D eigenvalue weighted by Gasteiger charge is 2.19. The molecule has 0 aromatic rings. The van der Waals surface area contributed by atoms with Gasteiger partial charge in [0.25, 0.3) is 0 Å². The highest BCUT2D eigenvalue weighted by molar-refractivity contribution is 5.72. The van der Waals surface area contributed by atoms with Crippen LogP contribution in [0.3, 0.4) is 0 Å². The van der Waals surface area contributed by atoms with Crippen LogP contribution < -0.4 is 0 Å². The van der Waals surface area contributed by atoms with E-state index in [0.29, 0.717) is 26.3 Å². The van der Waals surface area contributed by atoms with Crippen molar-refractivity contribution in [3.8, 4) is 0 Å². The van der Waals surface area contributed by atoms with E-state index in [4.69, 9.17) is 14.9 Å². The first-order valence-electron chi connectivity index (χ1n) is 3.91. The minimum atomic E-state index is -1.27. The van der Waals surface area contributed by atoms with E-state index >= 15 is 0 Å². The molecule has 1 fully saturated rings. The lowest BCUT2D eigenvalue weighted by atomic mass is 10.3. The van der Waals surface area contributed by atoms with Crippen LogP contribution in [0, 0.1) is 0 Å². The molecule has 70 valence electrons. The van der Waals surface area contributed by atoms with E-state index < -0.39 is 12.1 Å². The molecule has 2 N–H and O–H groups in total. The van der Waals surface area contributed by atoms with Crippen LogP contribution in [-0.2, 0) is 9.53 Å². The number of carboxylic acids is 1. The molecule has 5 heteroatoms. The zero-order chi connectivity index (χ0) is 8.97. The molecule has 0 aromatic heterocycles. The number of rotatable bonds is 3. The Morgan fingerprint density at radius 3 is 2.58 bits per heavy atom. The fourth-order valence-electron chi connectivity index (χ4n) is 1.11. The third-order valence-electron chi connectivity index (χ3n) is 1.82. The van der Waals surface area contributed by atoms with E-state index in [1.165, 1.54) is 0 Å². The van der Waals surface area contributed by atoms with Gasteiger partial charge in [0.2, 0.25) is 0 Å². The Morgan fingerprint density at radius 2 is 2.08 bits per heavy atom. The molecular formula is C7H13NO4. The Kier molecular flexibility index (Phi) is 3.46. The van der Waals surface area contributed by atoms with E-state index in [1.54, 1.807) is 0 Å². The summed E-state index contributed by atoms with van der Waals surface area (Å²) in [6, 6.07) is 0. The van der Waals surface area contributed by atoms with Gasteiger partial charge in [-0.3, -0.25) is 4.90 Å². The zero-order valence-electron chi connectivity index (χ0n) is 6.77. The summed E-state index contributed by atoms with van der Waals surface area (Å²) in [7, 11) is 0. The van der Waals surface area contributed by atoms with E-state index in [9.17, 15) is 4.79 Å². The fourth-order valence-corrected chi connectivity index (χ4v) is 1.11. The van der Waals surface area contributed by atoms with Crippen LogP contribution in [0.25, 0.3) is 0 Å². The minimum absolute atomic E-state index is 0.193. The molecule has 1 saturated heterocycles. The van der Waals surface area contributed by atoms with E-state index in [0.717, 1.165) is 0 Å². The molecule has 1 aliphatic rings. The van der Waals surface area contributed by atoms with Gasteiger partial charge < -0.3 is 14.9 Å². The van der Waals surface area contributed by atoms with Gasteiger partial charge in [0.15, 0.2) is 6.10 Å². The van der Waals surface area contributed by atoms with E-state index in [2.05, 4.69) is 0 Å². The summed E-state index contributed by atoms with van der Waals surface area (Å²) in [5.41, 5.74) is 0. The van der Waals surface area contributed by atoms with Gasteiger partial charge in [-0.25, -0.2) is 4.79 Å². The number of carboxylic acid groups (broad SMARTS) is 1. The number of nitrogens with zero attached hydrogens (tertiary/aromatic N) is 1. The second kappa shape index (κ2) is 4.39. The van der Waals surface area contributed by atoms with Crippen LogP contribution in [0.15, 0.2) is 0 Å². The Hall–Kier alpha value is -0.650. The van der Waals surface area contributed by atoms with Gasteiger partial charge in [-0.15, -0.1) is 0 Å². The average molecular weight is 175 g/mol. The van der Waals surface area contributed by atoms with Crippen LogP contribution in [-0.4, -0.2) is 60.0 Å². The molecule has 1 atom stereocenters. The number of aliphatic carboxylic acids is 1. The monoisotopic (exact) mass is 175 g/mol. The van der Waals surface area contributed by atoms with Crippen LogP contribution in [0.2, 0.25) is 0 Å². The molecule has 0 aromatic carbocycles. The second-order valence-electron chi connectivity index (χ2n) is 2.77. The number of hydrogen-bond acceptors (Lipinski definition) is 4. The molecule has 5 nitrogen and oxygen atoms in total. The molecule has 1 rings (SSSR count). The first kappa shape index (κ1) is 9.44. The molecule has 0 radical (unpaired) electrons. The number of carbonyl (C=O) groups is 1. The van der Waals surface area contributed by atoms with Gasteiger partial charge >= 0.3 is 5.97 Å². The predicted octanol–water partition coefficient (Wildman–Crippen LogP) is -1.24. The van der Waals surface area contributed by atoms with Crippen molar-refractivity contribution in [2.45, 2.75) is 6.10 Å². The number of β-amino-alcohol motifs (C(OH)–C–C–N with tert-alkyl or cyclic N) is 1. The molecule has 12 heavy (non-hydrogen) atoms. The summed E-state index contributed by atoms with van der Waals surface area (Å²) in [5, 5.41) is 17.4. The lowest BCUT2D eigenvalue weighted by Crippen LogP contribution is -2.43. The van der Waals surface area contributed by atoms with Crippen LogP contribution in [0.4, 0.5) is 0 Å². The maximum absolute atomic E-state index is 10.3. The van der Waals surface area contributed by atoms with Gasteiger partial charge in [0.1, 0.15) is 0 Å². The van der Waals surface area contributed by atoms with Crippen LogP contribution >= 0.6 is 0 Å². The molecule has 0 bridgehead atoms. The number of hydrogen-bond donors (Lipinski definition) is 2. The van der Waals surface area contributed by atoms with Gasteiger partial charge in [-0.2, -0.15) is 0 Å². The highest BCUT2D eigenvalue weighted by Crippen LogP contribution is 1.98. The first-order chi connectivity index (χ1) is 5.70. The Bertz CT molecular complexity index is 155. The van der Waals surface area contributed by atoms with Crippen molar-refractivity contribution in [1.29, 1.82) is 0 Å². The van der Waals surface area contributed by atoms with Crippen molar-refractivity contribution in [1.82, 2.24) is 4.90 Å². The standard InChI is InChI=1S/C7H13NO4/c9-6(7(10)11)5-8-1-3-12-4-2-8/h6,9H,1-5H2,(H,10,11)/t6-/m1/s1. The third-order valence-corrected chi connectivity index (χ3v) is 1.82. The largest absolute Gasteiger partial charge is 0.479 e. The maximum atomic E-state index is 10.3. The van der Waals surface area contributed by atoms with Crippen molar-refractivity contribution < 1.29 is 19.7 Å². The van der Waals surface area contributed by atoms with Crippen molar-refractivity contribution in [2.75, 3.05) is 32.8 Å². The molecule has 0 saturated carbocycles. The summed E-state index contributed by atoms with van der Waals surface area (Å²) in [6.07, 6.45) is -1.27. The van der Waals surface area contributed by atoms with Crippen LogP contribution in [0.5, 0.6) is 0 Å². The predicted molar refractivity (Wildman–Crippen MR) is 40.9 cm³/mol. The number of aliphatic hydroxyl groups excluding tert-OH is 1. The normalized spacial score (nSPS) is 22.1. The summed E-state index contributed by atoms with van der Waals surface area (Å²) in [6.45, 7) is 2.83.